The number of aryl methyl sites for hydroxylation is 1. The van der Waals surface area contributed by atoms with E-state index in [-0.39, 0.29) is 34.0 Å². The van der Waals surface area contributed by atoms with Gasteiger partial charge in [-0.05, 0) is 43.7 Å². The average Bonchev–Trinajstić information content (AvgIpc) is 2.74. The van der Waals surface area contributed by atoms with E-state index in [9.17, 15) is 18.0 Å². The Labute approximate surface area is 186 Å². The number of ether oxygens (including phenoxy) is 2. The van der Waals surface area contributed by atoms with Crippen LogP contribution in [0.5, 0.6) is 0 Å². The number of fused-ring (bicyclic) bond motifs is 1. The highest BCUT2D eigenvalue weighted by Crippen LogP contribution is 2.24. The Kier molecular flexibility index (Phi) is 6.80. The van der Waals surface area contributed by atoms with Crippen molar-refractivity contribution in [2.45, 2.75) is 31.2 Å². The summed E-state index contributed by atoms with van der Waals surface area (Å²) in [4.78, 5) is 31.1. The molecule has 2 aromatic heterocycles. The Balaban J connectivity index is 2.31. The van der Waals surface area contributed by atoms with Crippen LogP contribution in [-0.4, -0.2) is 51.0 Å². The maximum absolute atomic E-state index is 13.5. The third-order valence-corrected chi connectivity index (χ3v) is 6.38. The molecule has 1 atom stereocenters. The summed E-state index contributed by atoms with van der Waals surface area (Å²) in [6.07, 6.45) is 1.25. The second-order valence-electron chi connectivity index (χ2n) is 7.74. The molecule has 0 radical (unpaired) electrons. The Morgan fingerprint density at radius 1 is 1.12 bits per heavy atom. The van der Waals surface area contributed by atoms with Gasteiger partial charge in [0.05, 0.1) is 30.0 Å². The minimum Gasteiger partial charge on any atom is -0.464 e. The summed E-state index contributed by atoms with van der Waals surface area (Å²) in [6, 6.07) is 9.39. The molecule has 170 valence electrons. The van der Waals surface area contributed by atoms with Crippen molar-refractivity contribution in [2.24, 2.45) is 0 Å². The number of nitrogens with zero attached hydrogens (tertiary/aromatic N) is 2. The Hall–Kier alpha value is -3.04. The molecule has 3 rings (SSSR count). The fourth-order valence-corrected chi connectivity index (χ4v) is 4.34. The molecule has 0 aliphatic heterocycles. The van der Waals surface area contributed by atoms with Crippen LogP contribution in [0.4, 0.5) is 0 Å². The summed E-state index contributed by atoms with van der Waals surface area (Å²) < 4.78 is 35.6. The van der Waals surface area contributed by atoms with Crippen molar-refractivity contribution >= 4 is 26.8 Å². The van der Waals surface area contributed by atoms with Crippen molar-refractivity contribution < 1.29 is 22.7 Å². The summed E-state index contributed by atoms with van der Waals surface area (Å²) in [5, 5.41) is 0.383. The highest BCUT2D eigenvalue weighted by Gasteiger charge is 2.26. The lowest BCUT2D eigenvalue weighted by molar-refractivity contribution is 0.0580. The molecular weight excluding hydrogens is 432 g/mol. The standard InChI is InChI=1S/C23H26N2O6S/c1-14-6-11-18-21(26)19(12-16-7-9-17(10-8-16)32(5,28)29)20(23(27)31-4)25(22(18)24-14)15(2)13-30-3/h6-11,15H,12-13H2,1-5H3. The van der Waals surface area contributed by atoms with Crippen LogP contribution >= 0.6 is 0 Å². The molecule has 0 amide bonds. The van der Waals surface area contributed by atoms with Gasteiger partial charge in [0, 0.05) is 31.0 Å². The van der Waals surface area contributed by atoms with Crippen molar-refractivity contribution in [3.05, 3.63) is 69.1 Å². The molecule has 32 heavy (non-hydrogen) atoms. The maximum Gasteiger partial charge on any atom is 0.355 e. The summed E-state index contributed by atoms with van der Waals surface area (Å²) in [7, 11) is -0.527. The summed E-state index contributed by atoms with van der Waals surface area (Å²) in [5.41, 5.74) is 1.82. The van der Waals surface area contributed by atoms with Crippen LogP contribution in [0, 0.1) is 6.92 Å². The number of esters is 1. The molecule has 1 aromatic carbocycles. The molecule has 0 spiro atoms. The van der Waals surface area contributed by atoms with Gasteiger partial charge >= 0.3 is 5.97 Å². The van der Waals surface area contributed by atoms with E-state index in [0.29, 0.717) is 28.9 Å². The fraction of sp³-hybridized carbons (Fsp3) is 0.348. The smallest absolute Gasteiger partial charge is 0.355 e. The number of hydrogen-bond donors (Lipinski definition) is 0. The first kappa shape index (κ1) is 23.6. The van der Waals surface area contributed by atoms with Gasteiger partial charge in [0.15, 0.2) is 15.3 Å². The monoisotopic (exact) mass is 458 g/mol. The third-order valence-electron chi connectivity index (χ3n) is 5.25. The maximum atomic E-state index is 13.5. The Morgan fingerprint density at radius 3 is 2.34 bits per heavy atom. The van der Waals surface area contributed by atoms with E-state index in [0.717, 1.165) is 6.26 Å². The Morgan fingerprint density at radius 2 is 1.78 bits per heavy atom. The van der Waals surface area contributed by atoms with Crippen molar-refractivity contribution in [3.8, 4) is 0 Å². The topological polar surface area (TPSA) is 105 Å². The normalized spacial score (nSPS) is 12.7. The summed E-state index contributed by atoms with van der Waals surface area (Å²) in [5.74, 6) is -0.655. The van der Waals surface area contributed by atoms with Crippen molar-refractivity contribution in [3.63, 3.8) is 0 Å². The number of pyridine rings is 2. The molecule has 0 aliphatic carbocycles. The molecular formula is C23H26N2O6S. The van der Waals surface area contributed by atoms with Gasteiger partial charge in [-0.15, -0.1) is 0 Å². The van der Waals surface area contributed by atoms with Crippen molar-refractivity contribution in [1.29, 1.82) is 0 Å². The number of methoxy groups -OCH3 is 2. The lowest BCUT2D eigenvalue weighted by Gasteiger charge is -2.23. The highest BCUT2D eigenvalue weighted by molar-refractivity contribution is 7.90. The molecule has 0 fully saturated rings. The van der Waals surface area contributed by atoms with Gasteiger partial charge in [-0.2, -0.15) is 0 Å². The van der Waals surface area contributed by atoms with E-state index in [1.165, 1.54) is 19.2 Å². The van der Waals surface area contributed by atoms with Crippen LogP contribution in [0.25, 0.3) is 11.0 Å². The van der Waals surface area contributed by atoms with E-state index in [2.05, 4.69) is 4.98 Å². The second kappa shape index (κ2) is 9.22. The predicted octanol–water partition coefficient (Wildman–Crippen LogP) is 2.69. The molecule has 0 N–H and O–H groups in total. The SMILES string of the molecule is COCC(C)n1c(C(=O)OC)c(Cc2ccc(S(C)(=O)=O)cc2)c(=O)c2ccc(C)nc21. The first-order valence-corrected chi connectivity index (χ1v) is 11.9. The van der Waals surface area contributed by atoms with Crippen LogP contribution in [-0.2, 0) is 25.7 Å². The second-order valence-corrected chi connectivity index (χ2v) is 9.75. The number of aromatic nitrogens is 2. The van der Waals surface area contributed by atoms with Crippen molar-refractivity contribution in [2.75, 3.05) is 27.1 Å². The van der Waals surface area contributed by atoms with Crippen LogP contribution in [0.1, 0.15) is 40.3 Å². The molecule has 0 saturated heterocycles. The van der Waals surface area contributed by atoms with E-state index in [4.69, 9.17) is 9.47 Å². The molecule has 2 heterocycles. The third kappa shape index (κ3) is 4.58. The molecule has 0 bridgehead atoms. The van der Waals surface area contributed by atoms with E-state index < -0.39 is 15.8 Å². The van der Waals surface area contributed by atoms with Crippen LogP contribution in [0.15, 0.2) is 46.1 Å². The zero-order valence-corrected chi connectivity index (χ0v) is 19.5. The minimum absolute atomic E-state index is 0.111. The number of sulfone groups is 1. The number of carbonyl (C=O) groups is 1. The fourth-order valence-electron chi connectivity index (χ4n) is 3.71. The quantitative estimate of drug-likeness (QED) is 0.501. The highest BCUT2D eigenvalue weighted by atomic mass is 32.2. The molecule has 8 nitrogen and oxygen atoms in total. The number of rotatable bonds is 7. The number of hydrogen-bond acceptors (Lipinski definition) is 7. The molecule has 9 heteroatoms. The van der Waals surface area contributed by atoms with E-state index in [1.54, 1.807) is 35.9 Å². The van der Waals surface area contributed by atoms with Crippen molar-refractivity contribution in [1.82, 2.24) is 9.55 Å². The number of benzene rings is 1. The zero-order valence-electron chi connectivity index (χ0n) is 18.7. The average molecular weight is 459 g/mol. The number of carbonyl (C=O) groups excluding carboxylic acids is 1. The first-order chi connectivity index (χ1) is 15.1. The lowest BCUT2D eigenvalue weighted by atomic mass is 10.00. The van der Waals surface area contributed by atoms with Crippen LogP contribution in [0.3, 0.4) is 0 Å². The molecule has 0 aliphatic rings. The largest absolute Gasteiger partial charge is 0.464 e. The lowest BCUT2D eigenvalue weighted by Crippen LogP contribution is -2.29. The summed E-state index contributed by atoms with van der Waals surface area (Å²) in [6.45, 7) is 3.97. The van der Waals surface area contributed by atoms with Gasteiger partial charge in [0.1, 0.15) is 11.3 Å². The van der Waals surface area contributed by atoms with E-state index >= 15 is 0 Å². The van der Waals surface area contributed by atoms with Gasteiger partial charge < -0.3 is 14.0 Å². The summed E-state index contributed by atoms with van der Waals surface area (Å²) >= 11 is 0. The van der Waals surface area contributed by atoms with Gasteiger partial charge in [-0.1, -0.05) is 12.1 Å². The Bertz CT molecular complexity index is 1330. The van der Waals surface area contributed by atoms with Gasteiger partial charge in [-0.3, -0.25) is 4.79 Å². The zero-order chi connectivity index (χ0) is 23.6. The van der Waals surface area contributed by atoms with E-state index in [1.807, 2.05) is 13.8 Å². The van der Waals surface area contributed by atoms with Gasteiger partial charge in [0.2, 0.25) is 0 Å². The predicted molar refractivity (Wildman–Crippen MR) is 121 cm³/mol. The molecule has 3 aromatic rings. The minimum atomic E-state index is -3.35. The molecule has 1 unspecified atom stereocenters. The first-order valence-electron chi connectivity index (χ1n) is 9.99. The van der Waals surface area contributed by atoms with Gasteiger partial charge in [-0.25, -0.2) is 18.2 Å². The van der Waals surface area contributed by atoms with Gasteiger partial charge in [0.25, 0.3) is 0 Å². The van der Waals surface area contributed by atoms with Crippen LogP contribution < -0.4 is 5.43 Å². The molecule has 0 saturated carbocycles. The van der Waals surface area contributed by atoms with Crippen LogP contribution in [0.2, 0.25) is 0 Å².